The Balaban J connectivity index is 2.23. The molecule has 0 atom stereocenters. The zero-order chi connectivity index (χ0) is 16.3. The zero-order valence-electron chi connectivity index (χ0n) is 10.8. The standard InChI is InChI=1S/C14H8Cl3F3N2/c15-10-2-1-3-11(16)9(10)7-21-22-13-6-8(14(18,19)20)4-5-12(13)17/h1-7,22H/b21-7+. The number of rotatable bonds is 3. The van der Waals surface area contributed by atoms with Crippen LogP contribution in [0.4, 0.5) is 18.9 Å². The van der Waals surface area contributed by atoms with Crippen LogP contribution in [0.3, 0.4) is 0 Å². The van der Waals surface area contributed by atoms with Gasteiger partial charge in [0.25, 0.3) is 0 Å². The molecular weight excluding hydrogens is 360 g/mol. The Kier molecular flexibility index (Phi) is 5.21. The van der Waals surface area contributed by atoms with Gasteiger partial charge in [-0.15, -0.1) is 0 Å². The fourth-order valence-corrected chi connectivity index (χ4v) is 2.24. The molecule has 0 heterocycles. The predicted molar refractivity (Wildman–Crippen MR) is 84.1 cm³/mol. The molecule has 0 aliphatic heterocycles. The van der Waals surface area contributed by atoms with Crippen molar-refractivity contribution >= 4 is 46.7 Å². The molecule has 0 aromatic heterocycles. The summed E-state index contributed by atoms with van der Waals surface area (Å²) in [7, 11) is 0. The van der Waals surface area contributed by atoms with Crippen molar-refractivity contribution in [2.45, 2.75) is 6.18 Å². The van der Waals surface area contributed by atoms with Crippen molar-refractivity contribution in [3.05, 3.63) is 62.6 Å². The average molecular weight is 368 g/mol. The normalized spacial score (nSPS) is 11.9. The maximum atomic E-state index is 12.6. The molecule has 2 rings (SSSR count). The first-order chi connectivity index (χ1) is 10.3. The van der Waals surface area contributed by atoms with Crippen LogP contribution in [0, 0.1) is 0 Å². The van der Waals surface area contributed by atoms with Crippen LogP contribution < -0.4 is 5.43 Å². The Morgan fingerprint density at radius 3 is 2.18 bits per heavy atom. The average Bonchev–Trinajstić information content (AvgIpc) is 2.42. The summed E-state index contributed by atoms with van der Waals surface area (Å²) in [5.41, 5.74) is 2.09. The number of nitrogens with one attached hydrogen (secondary N) is 1. The Morgan fingerprint density at radius 1 is 0.955 bits per heavy atom. The molecule has 2 nitrogen and oxygen atoms in total. The van der Waals surface area contributed by atoms with Gasteiger partial charge in [0.15, 0.2) is 0 Å². The number of hydrogen-bond donors (Lipinski definition) is 1. The van der Waals surface area contributed by atoms with Gasteiger partial charge in [-0.2, -0.15) is 18.3 Å². The van der Waals surface area contributed by atoms with Crippen LogP contribution >= 0.6 is 34.8 Å². The molecule has 0 fully saturated rings. The van der Waals surface area contributed by atoms with Crippen molar-refractivity contribution in [3.8, 4) is 0 Å². The Hall–Kier alpha value is -1.43. The number of hydrazone groups is 1. The van der Waals surface area contributed by atoms with Crippen LogP contribution in [0.25, 0.3) is 0 Å². The van der Waals surface area contributed by atoms with E-state index < -0.39 is 11.7 Å². The maximum Gasteiger partial charge on any atom is 0.416 e. The van der Waals surface area contributed by atoms with Gasteiger partial charge in [-0.25, -0.2) is 0 Å². The molecule has 0 aliphatic rings. The van der Waals surface area contributed by atoms with Gasteiger partial charge in [-0.05, 0) is 30.3 Å². The maximum absolute atomic E-state index is 12.6. The number of nitrogens with zero attached hydrogens (tertiary/aromatic N) is 1. The van der Waals surface area contributed by atoms with Crippen LogP contribution in [0.5, 0.6) is 0 Å². The molecule has 0 saturated carbocycles. The van der Waals surface area contributed by atoms with E-state index in [0.717, 1.165) is 18.2 Å². The van der Waals surface area contributed by atoms with Gasteiger partial charge in [0.05, 0.1) is 32.5 Å². The van der Waals surface area contributed by atoms with Crippen LogP contribution in [0.2, 0.25) is 15.1 Å². The van der Waals surface area contributed by atoms with Crippen molar-refractivity contribution in [2.75, 3.05) is 5.43 Å². The molecule has 0 spiro atoms. The molecule has 116 valence electrons. The Labute approximate surface area is 139 Å². The van der Waals surface area contributed by atoms with Gasteiger partial charge in [0.2, 0.25) is 0 Å². The molecule has 22 heavy (non-hydrogen) atoms. The third-order valence-electron chi connectivity index (χ3n) is 2.67. The minimum Gasteiger partial charge on any atom is -0.277 e. The van der Waals surface area contributed by atoms with Crippen molar-refractivity contribution < 1.29 is 13.2 Å². The molecule has 2 aromatic carbocycles. The SMILES string of the molecule is FC(F)(F)c1ccc(Cl)c(N/N=C/c2c(Cl)cccc2Cl)c1. The number of benzene rings is 2. The monoisotopic (exact) mass is 366 g/mol. The lowest BCUT2D eigenvalue weighted by atomic mass is 10.2. The van der Waals surface area contributed by atoms with Gasteiger partial charge < -0.3 is 0 Å². The van der Waals surface area contributed by atoms with Gasteiger partial charge in [0.1, 0.15) is 0 Å². The summed E-state index contributed by atoms with van der Waals surface area (Å²) in [4.78, 5) is 0. The first-order valence-electron chi connectivity index (χ1n) is 5.89. The Morgan fingerprint density at radius 2 is 1.59 bits per heavy atom. The molecule has 2 aromatic rings. The second-order valence-corrected chi connectivity index (χ2v) is 5.42. The van der Waals surface area contributed by atoms with E-state index in [1.54, 1.807) is 18.2 Å². The van der Waals surface area contributed by atoms with Gasteiger partial charge in [-0.3, -0.25) is 5.43 Å². The van der Waals surface area contributed by atoms with E-state index in [1.165, 1.54) is 6.21 Å². The number of hydrogen-bond acceptors (Lipinski definition) is 2. The lowest BCUT2D eigenvalue weighted by Crippen LogP contribution is -2.05. The smallest absolute Gasteiger partial charge is 0.277 e. The highest BCUT2D eigenvalue weighted by Crippen LogP contribution is 2.33. The minimum absolute atomic E-state index is 0.0240. The highest BCUT2D eigenvalue weighted by Gasteiger charge is 2.30. The second-order valence-electron chi connectivity index (χ2n) is 4.20. The number of alkyl halides is 3. The highest BCUT2D eigenvalue weighted by atomic mass is 35.5. The number of anilines is 1. The summed E-state index contributed by atoms with van der Waals surface area (Å²) >= 11 is 17.7. The van der Waals surface area contributed by atoms with Crippen molar-refractivity contribution in [2.24, 2.45) is 5.10 Å². The first-order valence-corrected chi connectivity index (χ1v) is 7.02. The van der Waals surface area contributed by atoms with Crippen LogP contribution in [-0.4, -0.2) is 6.21 Å². The quantitative estimate of drug-likeness (QED) is 0.513. The van der Waals surface area contributed by atoms with Crippen molar-refractivity contribution in [1.82, 2.24) is 0 Å². The topological polar surface area (TPSA) is 24.4 Å². The summed E-state index contributed by atoms with van der Waals surface area (Å²) in [6.07, 6.45) is -3.15. The largest absolute Gasteiger partial charge is 0.416 e. The summed E-state index contributed by atoms with van der Waals surface area (Å²) in [5.74, 6) is 0. The summed E-state index contributed by atoms with van der Waals surface area (Å²) in [5, 5.41) is 4.67. The van der Waals surface area contributed by atoms with Gasteiger partial charge >= 0.3 is 6.18 Å². The van der Waals surface area contributed by atoms with E-state index in [-0.39, 0.29) is 10.7 Å². The lowest BCUT2D eigenvalue weighted by Gasteiger charge is -2.10. The first kappa shape index (κ1) is 16.9. The van der Waals surface area contributed by atoms with Crippen molar-refractivity contribution in [3.63, 3.8) is 0 Å². The molecule has 0 unspecified atom stereocenters. The molecule has 0 saturated heterocycles. The fraction of sp³-hybridized carbons (Fsp3) is 0.0714. The van der Waals surface area contributed by atoms with Gasteiger partial charge in [0, 0.05) is 5.56 Å². The van der Waals surface area contributed by atoms with E-state index >= 15 is 0 Å². The van der Waals surface area contributed by atoms with E-state index in [0.29, 0.717) is 15.6 Å². The van der Waals surface area contributed by atoms with E-state index in [2.05, 4.69) is 10.5 Å². The second kappa shape index (κ2) is 6.77. The van der Waals surface area contributed by atoms with E-state index in [4.69, 9.17) is 34.8 Å². The minimum atomic E-state index is -4.46. The zero-order valence-corrected chi connectivity index (χ0v) is 13.0. The van der Waals surface area contributed by atoms with E-state index in [1.807, 2.05) is 0 Å². The summed E-state index contributed by atoms with van der Waals surface area (Å²) < 4.78 is 37.9. The number of halogens is 6. The fourth-order valence-electron chi connectivity index (χ4n) is 1.59. The Bertz CT molecular complexity index is 695. The van der Waals surface area contributed by atoms with Crippen LogP contribution in [0.15, 0.2) is 41.5 Å². The lowest BCUT2D eigenvalue weighted by molar-refractivity contribution is -0.137. The molecule has 8 heteroatoms. The van der Waals surface area contributed by atoms with Crippen LogP contribution in [0.1, 0.15) is 11.1 Å². The van der Waals surface area contributed by atoms with E-state index in [9.17, 15) is 13.2 Å². The third-order valence-corrected chi connectivity index (χ3v) is 3.66. The van der Waals surface area contributed by atoms with Crippen molar-refractivity contribution in [1.29, 1.82) is 0 Å². The van der Waals surface area contributed by atoms with Gasteiger partial charge in [-0.1, -0.05) is 40.9 Å². The molecule has 1 N–H and O–H groups in total. The molecular formula is C14H8Cl3F3N2. The molecule has 0 bridgehead atoms. The summed E-state index contributed by atoms with van der Waals surface area (Å²) in [6, 6.07) is 7.80. The third kappa shape index (κ3) is 4.06. The molecule has 0 radical (unpaired) electrons. The summed E-state index contributed by atoms with van der Waals surface area (Å²) in [6.45, 7) is 0. The highest BCUT2D eigenvalue weighted by molar-refractivity contribution is 6.38. The molecule has 0 aliphatic carbocycles. The molecule has 0 amide bonds. The van der Waals surface area contributed by atoms with Crippen LogP contribution in [-0.2, 0) is 6.18 Å². The predicted octanol–water partition coefficient (Wildman–Crippen LogP) is 6.11.